The molecule has 0 aliphatic rings. The third kappa shape index (κ3) is 4.74. The van der Waals surface area contributed by atoms with E-state index < -0.39 is 35.9 Å². The second kappa shape index (κ2) is 6.12. The summed E-state index contributed by atoms with van der Waals surface area (Å²) in [6.45, 7) is -0.556. The molecule has 0 saturated carbocycles. The molecule has 1 aromatic rings. The fourth-order valence-corrected chi connectivity index (χ4v) is 1.23. The van der Waals surface area contributed by atoms with E-state index in [1.165, 1.54) is 0 Å². The lowest BCUT2D eigenvalue weighted by molar-refractivity contribution is -0.141. The third-order valence-electron chi connectivity index (χ3n) is 2.29. The van der Waals surface area contributed by atoms with E-state index in [9.17, 15) is 26.3 Å². The summed E-state index contributed by atoms with van der Waals surface area (Å²) in [6.07, 6.45) is -7.84. The lowest BCUT2D eigenvalue weighted by Crippen LogP contribution is -2.28. The number of rotatable bonds is 4. The summed E-state index contributed by atoms with van der Waals surface area (Å²) in [5, 5.41) is 9.22. The van der Waals surface area contributed by atoms with Crippen molar-refractivity contribution < 1.29 is 26.3 Å². The third-order valence-corrected chi connectivity index (χ3v) is 2.29. The van der Waals surface area contributed by atoms with Crippen LogP contribution in [-0.4, -0.2) is 23.4 Å². The molecule has 0 aliphatic heterocycles. The van der Waals surface area contributed by atoms with E-state index in [1.807, 2.05) is 0 Å². The van der Waals surface area contributed by atoms with Crippen molar-refractivity contribution in [3.05, 3.63) is 35.8 Å². The van der Waals surface area contributed by atoms with Crippen molar-refractivity contribution in [3.63, 3.8) is 0 Å². The van der Waals surface area contributed by atoms with Gasteiger partial charge in [0.05, 0.1) is 11.9 Å². The molecule has 0 saturated heterocycles. The molecule has 0 aliphatic carbocycles. The van der Waals surface area contributed by atoms with Gasteiger partial charge in [-0.2, -0.15) is 26.3 Å². The molecular weight excluding hydrogens is 302 g/mol. The number of alkyl halides is 6. The molecule has 0 radical (unpaired) electrons. The van der Waals surface area contributed by atoms with E-state index in [4.69, 9.17) is 11.1 Å². The molecule has 4 N–H and O–H groups in total. The highest BCUT2D eigenvalue weighted by Crippen LogP contribution is 2.28. The molecule has 21 heavy (non-hydrogen) atoms. The van der Waals surface area contributed by atoms with Crippen LogP contribution in [0.4, 0.5) is 32.0 Å². The van der Waals surface area contributed by atoms with Gasteiger partial charge in [-0.05, 0) is 12.1 Å². The standard InChI is InChI=1S/C11H10F6N4/c12-10(13,14)8-2-1-7(5-21-8)20-4-6(3-18)9(19)11(15,16)17/h1-2,4-5,19-20H,3,18H2/b6-4-,19-9?. The van der Waals surface area contributed by atoms with Crippen LogP contribution in [0.2, 0.25) is 0 Å². The molecule has 4 nitrogen and oxygen atoms in total. The van der Waals surface area contributed by atoms with Gasteiger partial charge in [0.25, 0.3) is 0 Å². The van der Waals surface area contributed by atoms with Crippen LogP contribution in [0.3, 0.4) is 0 Å². The number of nitrogens with one attached hydrogen (secondary N) is 2. The SMILES string of the molecule is N=C(/C(=C\Nc1ccc(C(F)(F)F)nc1)CN)C(F)(F)F. The maximum Gasteiger partial charge on any atom is 0.433 e. The summed E-state index contributed by atoms with van der Waals surface area (Å²) in [7, 11) is 0. The summed E-state index contributed by atoms with van der Waals surface area (Å²) in [6, 6.07) is 1.67. The number of hydrogen-bond donors (Lipinski definition) is 3. The average Bonchev–Trinajstić information content (AvgIpc) is 2.37. The summed E-state index contributed by atoms with van der Waals surface area (Å²) in [4.78, 5) is 3.12. The Hall–Kier alpha value is -2.10. The van der Waals surface area contributed by atoms with Crippen LogP contribution in [0.5, 0.6) is 0 Å². The predicted octanol–water partition coefficient (Wildman–Crippen LogP) is 2.94. The number of halogens is 6. The van der Waals surface area contributed by atoms with Crippen LogP contribution in [0, 0.1) is 5.41 Å². The Kier molecular flexibility index (Phi) is 4.94. The van der Waals surface area contributed by atoms with Gasteiger partial charge in [0, 0.05) is 18.3 Å². The van der Waals surface area contributed by atoms with Crippen molar-refractivity contribution in [1.29, 1.82) is 5.41 Å². The Balaban J connectivity index is 2.86. The fraction of sp³-hybridized carbons (Fsp3) is 0.273. The quantitative estimate of drug-likeness (QED) is 0.591. The van der Waals surface area contributed by atoms with Crippen LogP contribution in [0.1, 0.15) is 5.69 Å². The van der Waals surface area contributed by atoms with Crippen LogP contribution in [0.15, 0.2) is 30.1 Å². The molecule has 1 aromatic heterocycles. The highest BCUT2D eigenvalue weighted by Gasteiger charge is 2.36. The number of nitrogens with zero attached hydrogens (tertiary/aromatic N) is 1. The Morgan fingerprint density at radius 3 is 2.24 bits per heavy atom. The number of anilines is 1. The van der Waals surface area contributed by atoms with Crippen LogP contribution in [0.25, 0.3) is 0 Å². The maximum atomic E-state index is 12.3. The van der Waals surface area contributed by atoms with E-state index >= 15 is 0 Å². The van der Waals surface area contributed by atoms with Crippen LogP contribution >= 0.6 is 0 Å². The largest absolute Gasteiger partial charge is 0.433 e. The Bertz CT molecular complexity index is 529. The van der Waals surface area contributed by atoms with Gasteiger partial charge in [0.1, 0.15) is 11.4 Å². The Labute approximate surface area is 115 Å². The first-order chi connectivity index (χ1) is 9.55. The van der Waals surface area contributed by atoms with Gasteiger partial charge in [-0.25, -0.2) is 4.98 Å². The van der Waals surface area contributed by atoms with Gasteiger partial charge < -0.3 is 11.1 Å². The van der Waals surface area contributed by atoms with Gasteiger partial charge >= 0.3 is 12.4 Å². The molecular formula is C11H10F6N4. The number of pyridine rings is 1. The van der Waals surface area contributed by atoms with Gasteiger partial charge in [-0.15, -0.1) is 0 Å². The monoisotopic (exact) mass is 312 g/mol. The fourth-order valence-electron chi connectivity index (χ4n) is 1.23. The van der Waals surface area contributed by atoms with Crippen molar-refractivity contribution >= 4 is 11.4 Å². The van der Waals surface area contributed by atoms with Crippen molar-refractivity contribution in [2.45, 2.75) is 12.4 Å². The van der Waals surface area contributed by atoms with E-state index in [0.29, 0.717) is 6.07 Å². The zero-order valence-corrected chi connectivity index (χ0v) is 10.3. The molecule has 0 unspecified atom stereocenters. The summed E-state index contributed by atoms with van der Waals surface area (Å²) < 4.78 is 73.7. The van der Waals surface area contributed by atoms with Crippen molar-refractivity contribution in [2.24, 2.45) is 5.73 Å². The number of nitrogens with two attached hydrogens (primary N) is 1. The minimum absolute atomic E-state index is 0.0314. The van der Waals surface area contributed by atoms with E-state index in [2.05, 4.69) is 10.3 Å². The molecule has 1 heterocycles. The van der Waals surface area contributed by atoms with E-state index in [-0.39, 0.29) is 5.69 Å². The molecule has 10 heteroatoms. The van der Waals surface area contributed by atoms with Gasteiger partial charge in [-0.3, -0.25) is 5.41 Å². The first-order valence-electron chi connectivity index (χ1n) is 5.40. The highest BCUT2D eigenvalue weighted by atomic mass is 19.4. The normalized spacial score (nSPS) is 13.2. The van der Waals surface area contributed by atoms with Crippen LogP contribution < -0.4 is 11.1 Å². The summed E-state index contributed by atoms with van der Waals surface area (Å²) in [5.41, 5.74) is 1.84. The van der Waals surface area contributed by atoms with Crippen molar-refractivity contribution in [3.8, 4) is 0 Å². The molecule has 0 aromatic carbocycles. The molecule has 0 atom stereocenters. The predicted molar refractivity (Wildman–Crippen MR) is 63.8 cm³/mol. The lowest BCUT2D eigenvalue weighted by atomic mass is 10.1. The van der Waals surface area contributed by atoms with Crippen molar-refractivity contribution in [2.75, 3.05) is 11.9 Å². The van der Waals surface area contributed by atoms with Gasteiger partial charge in [0.15, 0.2) is 0 Å². The number of aromatic nitrogens is 1. The van der Waals surface area contributed by atoms with Gasteiger partial charge in [-0.1, -0.05) is 0 Å². The van der Waals surface area contributed by atoms with Crippen LogP contribution in [-0.2, 0) is 6.18 Å². The highest BCUT2D eigenvalue weighted by molar-refractivity contribution is 6.02. The summed E-state index contributed by atoms with van der Waals surface area (Å²) in [5.74, 6) is 0. The minimum atomic E-state index is -4.86. The molecule has 116 valence electrons. The average molecular weight is 312 g/mol. The Morgan fingerprint density at radius 2 is 1.86 bits per heavy atom. The Morgan fingerprint density at radius 1 is 1.24 bits per heavy atom. The topological polar surface area (TPSA) is 74.8 Å². The van der Waals surface area contributed by atoms with Crippen molar-refractivity contribution in [1.82, 2.24) is 4.98 Å². The molecule has 0 bridgehead atoms. The minimum Gasteiger partial charge on any atom is -0.360 e. The molecule has 1 rings (SSSR count). The first kappa shape index (κ1) is 17.0. The lowest BCUT2D eigenvalue weighted by Gasteiger charge is -2.11. The second-order valence-corrected chi connectivity index (χ2v) is 3.82. The maximum absolute atomic E-state index is 12.3. The number of hydrogen-bond acceptors (Lipinski definition) is 4. The first-order valence-corrected chi connectivity index (χ1v) is 5.40. The van der Waals surface area contributed by atoms with E-state index in [0.717, 1.165) is 18.5 Å². The summed E-state index contributed by atoms with van der Waals surface area (Å²) >= 11 is 0. The smallest absolute Gasteiger partial charge is 0.360 e. The van der Waals surface area contributed by atoms with Gasteiger partial charge in [0.2, 0.25) is 0 Å². The van der Waals surface area contributed by atoms with E-state index in [1.54, 1.807) is 0 Å². The molecule has 0 spiro atoms. The zero-order chi connectivity index (χ0) is 16.3. The molecule has 0 amide bonds. The zero-order valence-electron chi connectivity index (χ0n) is 10.3. The molecule has 0 fully saturated rings. The second-order valence-electron chi connectivity index (χ2n) is 3.82.